The molecule has 1 aromatic heterocycles. The normalized spacial score (nSPS) is 11.3. The number of nitriles is 1. The Labute approximate surface area is 148 Å². The third kappa shape index (κ3) is 5.37. The summed E-state index contributed by atoms with van der Waals surface area (Å²) in [5, 5.41) is 22.0. The molecule has 0 saturated heterocycles. The minimum absolute atomic E-state index is 0.0488. The first-order valence-electron chi connectivity index (χ1n) is 7.16. The van der Waals surface area contributed by atoms with Crippen molar-refractivity contribution >= 4 is 40.4 Å². The van der Waals surface area contributed by atoms with E-state index in [4.69, 9.17) is 0 Å². The van der Waals surface area contributed by atoms with Gasteiger partial charge < -0.3 is 5.11 Å². The van der Waals surface area contributed by atoms with Crippen molar-refractivity contribution in [2.75, 3.05) is 11.1 Å². The Hall–Kier alpha value is -2.37. The van der Waals surface area contributed by atoms with E-state index in [0.29, 0.717) is 21.8 Å². The molecule has 8 heteroatoms. The smallest absolute Gasteiger partial charge is 0.268 e. The number of carbonyl (C=O) groups is 1. The van der Waals surface area contributed by atoms with Crippen molar-refractivity contribution in [1.82, 2.24) is 9.36 Å². The summed E-state index contributed by atoms with van der Waals surface area (Å²) >= 11 is 2.61. The molecular weight excluding hydrogens is 344 g/mol. The molecule has 2 N–H and O–H groups in total. The van der Waals surface area contributed by atoms with Crippen LogP contribution in [0.2, 0.25) is 0 Å². The van der Waals surface area contributed by atoms with Crippen molar-refractivity contribution in [3.63, 3.8) is 0 Å². The molecule has 0 fully saturated rings. The fraction of sp³-hybridized carbons (Fsp3) is 0.250. The maximum Gasteiger partial charge on any atom is 0.268 e. The van der Waals surface area contributed by atoms with Gasteiger partial charge in [0.05, 0.1) is 0 Å². The number of hydrogen-bond acceptors (Lipinski definition) is 7. The number of anilines is 1. The lowest BCUT2D eigenvalue weighted by Crippen LogP contribution is -2.13. The van der Waals surface area contributed by atoms with E-state index >= 15 is 0 Å². The lowest BCUT2D eigenvalue weighted by atomic mass is 10.1. The summed E-state index contributed by atoms with van der Waals surface area (Å²) in [6.45, 7) is 4.21. The first-order valence-corrected chi connectivity index (χ1v) is 8.92. The molecule has 124 valence electrons. The number of amides is 1. The first kappa shape index (κ1) is 18.0. The number of thioether (sulfide) groups is 1. The summed E-state index contributed by atoms with van der Waals surface area (Å²) in [6, 6.07) is 8.08. The SMILES string of the molecule is CC(C)CSc1nsc(NC(=O)C(C#N)=Cc2ccc(O)cc2)n1. The fourth-order valence-electron chi connectivity index (χ4n) is 1.61. The van der Waals surface area contributed by atoms with E-state index in [-0.39, 0.29) is 11.3 Å². The van der Waals surface area contributed by atoms with E-state index in [1.807, 2.05) is 6.07 Å². The molecule has 0 atom stereocenters. The van der Waals surface area contributed by atoms with Crippen molar-refractivity contribution in [3.8, 4) is 11.8 Å². The molecule has 0 aliphatic rings. The van der Waals surface area contributed by atoms with Crippen LogP contribution >= 0.6 is 23.3 Å². The minimum atomic E-state index is -0.540. The standard InChI is InChI=1S/C16H16N4O2S2/c1-10(2)9-23-16-19-15(24-20-16)18-14(22)12(8-17)7-11-3-5-13(21)6-4-11/h3-7,10,21H,9H2,1-2H3,(H,18,19,20,22). The number of hydrogen-bond donors (Lipinski definition) is 2. The highest BCUT2D eigenvalue weighted by Crippen LogP contribution is 2.22. The molecule has 1 heterocycles. The zero-order chi connectivity index (χ0) is 17.5. The summed E-state index contributed by atoms with van der Waals surface area (Å²) < 4.78 is 4.17. The zero-order valence-electron chi connectivity index (χ0n) is 13.2. The molecule has 0 bridgehead atoms. The number of aromatic nitrogens is 2. The number of phenols is 1. The van der Waals surface area contributed by atoms with Gasteiger partial charge in [-0.15, -0.1) is 0 Å². The largest absolute Gasteiger partial charge is 0.508 e. The Bertz CT molecular complexity index is 776. The van der Waals surface area contributed by atoms with Gasteiger partial charge in [-0.2, -0.15) is 14.6 Å². The molecule has 0 aliphatic heterocycles. The maximum atomic E-state index is 12.2. The van der Waals surface area contributed by atoms with E-state index in [1.54, 1.807) is 12.1 Å². The highest BCUT2D eigenvalue weighted by Gasteiger charge is 2.13. The Morgan fingerprint density at radius 2 is 2.17 bits per heavy atom. The number of phenolic OH excluding ortho intramolecular Hbond substituents is 1. The fourth-order valence-corrected chi connectivity index (χ4v) is 3.10. The van der Waals surface area contributed by atoms with Crippen molar-refractivity contribution < 1.29 is 9.90 Å². The Balaban J connectivity index is 2.04. The van der Waals surface area contributed by atoms with Crippen LogP contribution in [-0.4, -0.2) is 26.1 Å². The molecule has 1 aromatic carbocycles. The molecule has 1 amide bonds. The topological polar surface area (TPSA) is 98.9 Å². The molecule has 6 nitrogen and oxygen atoms in total. The predicted octanol–water partition coefficient (Wildman–Crippen LogP) is 3.54. The lowest BCUT2D eigenvalue weighted by Gasteiger charge is -2.01. The molecule has 2 rings (SSSR count). The van der Waals surface area contributed by atoms with Crippen molar-refractivity contribution in [1.29, 1.82) is 5.26 Å². The number of carbonyl (C=O) groups excluding carboxylic acids is 1. The van der Waals surface area contributed by atoms with E-state index < -0.39 is 5.91 Å². The molecule has 24 heavy (non-hydrogen) atoms. The number of aromatic hydroxyl groups is 1. The van der Waals surface area contributed by atoms with E-state index in [0.717, 1.165) is 17.3 Å². The molecule has 0 aliphatic carbocycles. The van der Waals surface area contributed by atoms with Gasteiger partial charge in [0.2, 0.25) is 10.3 Å². The number of nitrogens with zero attached hydrogens (tertiary/aromatic N) is 3. The Kier molecular flexibility index (Phi) is 6.35. The maximum absolute atomic E-state index is 12.2. The summed E-state index contributed by atoms with van der Waals surface area (Å²) in [7, 11) is 0. The van der Waals surface area contributed by atoms with Crippen LogP contribution < -0.4 is 5.32 Å². The Morgan fingerprint density at radius 1 is 1.46 bits per heavy atom. The van der Waals surface area contributed by atoms with Crippen LogP contribution in [0.3, 0.4) is 0 Å². The van der Waals surface area contributed by atoms with Gasteiger partial charge in [-0.1, -0.05) is 37.7 Å². The van der Waals surface area contributed by atoms with Gasteiger partial charge >= 0.3 is 0 Å². The molecular formula is C16H16N4O2S2. The highest BCUT2D eigenvalue weighted by molar-refractivity contribution is 7.99. The molecule has 0 radical (unpaired) electrons. The van der Waals surface area contributed by atoms with Gasteiger partial charge in [-0.05, 0) is 29.7 Å². The summed E-state index contributed by atoms with van der Waals surface area (Å²) in [5.41, 5.74) is 0.595. The van der Waals surface area contributed by atoms with E-state index in [2.05, 4.69) is 28.5 Å². The number of rotatable bonds is 6. The summed E-state index contributed by atoms with van der Waals surface area (Å²) in [6.07, 6.45) is 1.45. The van der Waals surface area contributed by atoms with Crippen LogP contribution in [0, 0.1) is 17.2 Å². The monoisotopic (exact) mass is 360 g/mol. The lowest BCUT2D eigenvalue weighted by molar-refractivity contribution is -0.112. The Morgan fingerprint density at radius 3 is 2.79 bits per heavy atom. The van der Waals surface area contributed by atoms with E-state index in [9.17, 15) is 15.2 Å². The first-order chi connectivity index (χ1) is 11.5. The molecule has 0 unspecified atom stereocenters. The average molecular weight is 360 g/mol. The predicted molar refractivity (Wildman–Crippen MR) is 95.8 cm³/mol. The molecule has 0 saturated carbocycles. The van der Waals surface area contributed by atoms with Crippen LogP contribution in [-0.2, 0) is 4.79 Å². The van der Waals surface area contributed by atoms with Crippen LogP contribution in [0.4, 0.5) is 5.13 Å². The van der Waals surface area contributed by atoms with Gasteiger partial charge in [-0.3, -0.25) is 10.1 Å². The molecule has 0 spiro atoms. The second-order valence-corrected chi connectivity index (χ2v) is 7.04. The van der Waals surface area contributed by atoms with Crippen molar-refractivity contribution in [3.05, 3.63) is 35.4 Å². The van der Waals surface area contributed by atoms with E-state index in [1.165, 1.54) is 30.0 Å². The third-order valence-corrected chi connectivity index (χ3v) is 4.76. The minimum Gasteiger partial charge on any atom is -0.508 e. The van der Waals surface area contributed by atoms with Gasteiger partial charge in [-0.25, -0.2) is 0 Å². The van der Waals surface area contributed by atoms with Gasteiger partial charge in [0.15, 0.2) is 0 Å². The van der Waals surface area contributed by atoms with Crippen LogP contribution in [0.25, 0.3) is 6.08 Å². The van der Waals surface area contributed by atoms with Crippen molar-refractivity contribution in [2.24, 2.45) is 5.92 Å². The number of nitrogens with one attached hydrogen (secondary N) is 1. The highest BCUT2D eigenvalue weighted by atomic mass is 32.2. The second kappa shape index (κ2) is 8.47. The summed E-state index contributed by atoms with van der Waals surface area (Å²) in [4.78, 5) is 16.4. The van der Waals surface area contributed by atoms with Crippen molar-refractivity contribution in [2.45, 2.75) is 19.0 Å². The van der Waals surface area contributed by atoms with Crippen LogP contribution in [0.5, 0.6) is 5.75 Å². The van der Waals surface area contributed by atoms with Gasteiger partial charge in [0.1, 0.15) is 17.4 Å². The van der Waals surface area contributed by atoms with Crippen LogP contribution in [0.1, 0.15) is 19.4 Å². The number of benzene rings is 1. The van der Waals surface area contributed by atoms with Crippen LogP contribution in [0.15, 0.2) is 35.0 Å². The zero-order valence-corrected chi connectivity index (χ0v) is 14.8. The quantitative estimate of drug-likeness (QED) is 0.464. The van der Waals surface area contributed by atoms with Gasteiger partial charge in [0, 0.05) is 17.3 Å². The summed E-state index contributed by atoms with van der Waals surface area (Å²) in [5.74, 6) is 1.00. The van der Waals surface area contributed by atoms with Gasteiger partial charge in [0.25, 0.3) is 5.91 Å². The average Bonchev–Trinajstić information content (AvgIpc) is 2.99. The second-order valence-electron chi connectivity index (χ2n) is 5.30. The molecule has 2 aromatic rings. The third-order valence-electron chi connectivity index (χ3n) is 2.74.